The van der Waals surface area contributed by atoms with E-state index in [-0.39, 0.29) is 11.8 Å². The predicted molar refractivity (Wildman–Crippen MR) is 85.8 cm³/mol. The minimum atomic E-state index is -3.43. The van der Waals surface area contributed by atoms with E-state index in [2.05, 4.69) is 12.2 Å². The van der Waals surface area contributed by atoms with Crippen molar-refractivity contribution in [3.05, 3.63) is 30.3 Å². The third-order valence-corrected chi connectivity index (χ3v) is 5.95. The molecule has 0 saturated carbocycles. The summed E-state index contributed by atoms with van der Waals surface area (Å²) in [7, 11) is -3.43. The van der Waals surface area contributed by atoms with E-state index >= 15 is 0 Å². The number of carbonyl (C=O) groups excluding carboxylic acids is 1. The van der Waals surface area contributed by atoms with Gasteiger partial charge < -0.3 is 5.32 Å². The van der Waals surface area contributed by atoms with Crippen molar-refractivity contribution in [2.75, 3.05) is 19.6 Å². The van der Waals surface area contributed by atoms with Gasteiger partial charge in [-0.25, -0.2) is 8.42 Å². The first-order valence-electron chi connectivity index (χ1n) is 7.88. The summed E-state index contributed by atoms with van der Waals surface area (Å²) < 4.78 is 26.5. The molecule has 22 heavy (non-hydrogen) atoms. The molecule has 5 nitrogen and oxygen atoms in total. The van der Waals surface area contributed by atoms with E-state index < -0.39 is 10.0 Å². The Morgan fingerprint density at radius 3 is 2.45 bits per heavy atom. The van der Waals surface area contributed by atoms with Gasteiger partial charge in [0.2, 0.25) is 15.9 Å². The van der Waals surface area contributed by atoms with Crippen molar-refractivity contribution in [1.82, 2.24) is 9.62 Å². The Bertz CT molecular complexity index is 579. The van der Waals surface area contributed by atoms with E-state index in [1.165, 1.54) is 4.31 Å². The number of piperidine rings is 1. The van der Waals surface area contributed by atoms with Crippen LogP contribution in [0.2, 0.25) is 0 Å². The number of carbonyl (C=O) groups is 1. The summed E-state index contributed by atoms with van der Waals surface area (Å²) in [4.78, 5) is 12.3. The van der Waals surface area contributed by atoms with Crippen LogP contribution in [-0.4, -0.2) is 38.3 Å². The molecule has 1 N–H and O–H groups in total. The quantitative estimate of drug-likeness (QED) is 0.814. The zero-order chi connectivity index (χ0) is 16.0. The average Bonchev–Trinajstić information content (AvgIpc) is 2.56. The van der Waals surface area contributed by atoms with E-state index in [4.69, 9.17) is 0 Å². The fourth-order valence-electron chi connectivity index (χ4n) is 2.63. The Morgan fingerprint density at radius 1 is 1.23 bits per heavy atom. The fourth-order valence-corrected chi connectivity index (χ4v) is 4.12. The maximum absolute atomic E-state index is 12.5. The number of nitrogens with zero attached hydrogens (tertiary/aromatic N) is 1. The lowest BCUT2D eigenvalue weighted by Crippen LogP contribution is -2.43. The molecule has 0 aromatic heterocycles. The van der Waals surface area contributed by atoms with Crippen molar-refractivity contribution >= 4 is 15.9 Å². The molecule has 0 radical (unpaired) electrons. The summed E-state index contributed by atoms with van der Waals surface area (Å²) in [5.41, 5.74) is 0. The molecule has 1 amide bonds. The van der Waals surface area contributed by atoms with Gasteiger partial charge in [-0.05, 0) is 31.4 Å². The highest BCUT2D eigenvalue weighted by Crippen LogP contribution is 2.23. The lowest BCUT2D eigenvalue weighted by Gasteiger charge is -2.30. The van der Waals surface area contributed by atoms with E-state index in [0.717, 1.165) is 12.8 Å². The van der Waals surface area contributed by atoms with E-state index in [0.29, 0.717) is 37.4 Å². The van der Waals surface area contributed by atoms with Gasteiger partial charge in [0.25, 0.3) is 0 Å². The van der Waals surface area contributed by atoms with Gasteiger partial charge in [-0.2, -0.15) is 4.31 Å². The summed E-state index contributed by atoms with van der Waals surface area (Å²) >= 11 is 0. The molecule has 0 aliphatic carbocycles. The van der Waals surface area contributed by atoms with Crippen LogP contribution < -0.4 is 5.32 Å². The van der Waals surface area contributed by atoms with Crippen LogP contribution in [0.15, 0.2) is 35.2 Å². The molecule has 1 saturated heterocycles. The molecule has 1 heterocycles. The molecule has 0 atom stereocenters. The highest BCUT2D eigenvalue weighted by atomic mass is 32.2. The SMILES string of the molecule is CCCCNC(=O)C1CCN(S(=O)(=O)c2ccccc2)CC1. The first kappa shape index (κ1) is 17.0. The minimum absolute atomic E-state index is 0.0604. The second-order valence-corrected chi connectivity index (χ2v) is 7.57. The largest absolute Gasteiger partial charge is 0.356 e. The minimum Gasteiger partial charge on any atom is -0.356 e. The van der Waals surface area contributed by atoms with Crippen molar-refractivity contribution in [2.24, 2.45) is 5.92 Å². The lowest BCUT2D eigenvalue weighted by atomic mass is 9.97. The summed E-state index contributed by atoms with van der Waals surface area (Å²) in [6, 6.07) is 8.46. The Kier molecular flexibility index (Phi) is 5.97. The molecule has 122 valence electrons. The topological polar surface area (TPSA) is 66.5 Å². The Labute approximate surface area is 132 Å². The van der Waals surface area contributed by atoms with Crippen LogP contribution in [0.25, 0.3) is 0 Å². The van der Waals surface area contributed by atoms with Crippen LogP contribution in [0.3, 0.4) is 0 Å². The van der Waals surface area contributed by atoms with E-state index in [1.54, 1.807) is 30.3 Å². The molecule has 1 aromatic rings. The van der Waals surface area contributed by atoms with Crippen LogP contribution in [0.4, 0.5) is 0 Å². The Balaban J connectivity index is 1.91. The van der Waals surface area contributed by atoms with Crippen LogP contribution in [0.5, 0.6) is 0 Å². The molecule has 0 unspecified atom stereocenters. The van der Waals surface area contributed by atoms with Crippen molar-refractivity contribution in [3.63, 3.8) is 0 Å². The second-order valence-electron chi connectivity index (χ2n) is 5.64. The number of benzene rings is 1. The van der Waals surface area contributed by atoms with Gasteiger partial charge in [-0.1, -0.05) is 31.5 Å². The maximum Gasteiger partial charge on any atom is 0.243 e. The van der Waals surface area contributed by atoms with Gasteiger partial charge in [-0.3, -0.25) is 4.79 Å². The number of unbranched alkanes of at least 4 members (excludes halogenated alkanes) is 1. The smallest absolute Gasteiger partial charge is 0.243 e. The Hall–Kier alpha value is -1.40. The van der Waals surface area contributed by atoms with Gasteiger partial charge in [0, 0.05) is 25.6 Å². The van der Waals surface area contributed by atoms with Crippen molar-refractivity contribution in [2.45, 2.75) is 37.5 Å². The number of amides is 1. The van der Waals surface area contributed by atoms with Crippen LogP contribution in [0, 0.1) is 5.92 Å². The third kappa shape index (κ3) is 4.08. The average molecular weight is 324 g/mol. The molecule has 0 bridgehead atoms. The molecule has 1 fully saturated rings. The first-order chi connectivity index (χ1) is 10.6. The third-order valence-electron chi connectivity index (χ3n) is 4.04. The zero-order valence-corrected chi connectivity index (χ0v) is 13.8. The highest BCUT2D eigenvalue weighted by molar-refractivity contribution is 7.89. The number of hydrogen-bond donors (Lipinski definition) is 1. The number of rotatable bonds is 6. The Morgan fingerprint density at radius 2 is 1.86 bits per heavy atom. The monoisotopic (exact) mass is 324 g/mol. The van der Waals surface area contributed by atoms with Gasteiger partial charge in [-0.15, -0.1) is 0 Å². The fraction of sp³-hybridized carbons (Fsp3) is 0.562. The van der Waals surface area contributed by atoms with Crippen molar-refractivity contribution in [1.29, 1.82) is 0 Å². The van der Waals surface area contributed by atoms with Gasteiger partial charge in [0.1, 0.15) is 0 Å². The molecule has 0 spiro atoms. The second kappa shape index (κ2) is 7.74. The predicted octanol–water partition coefficient (Wildman–Crippen LogP) is 2.00. The van der Waals surface area contributed by atoms with Crippen LogP contribution in [0.1, 0.15) is 32.6 Å². The number of sulfonamides is 1. The molecule has 1 aliphatic heterocycles. The van der Waals surface area contributed by atoms with Crippen molar-refractivity contribution in [3.8, 4) is 0 Å². The number of nitrogens with one attached hydrogen (secondary N) is 1. The van der Waals surface area contributed by atoms with E-state index in [9.17, 15) is 13.2 Å². The summed E-state index contributed by atoms with van der Waals surface area (Å²) in [5.74, 6) is -0.00992. The van der Waals surface area contributed by atoms with Gasteiger partial charge >= 0.3 is 0 Å². The lowest BCUT2D eigenvalue weighted by molar-refractivity contribution is -0.126. The first-order valence-corrected chi connectivity index (χ1v) is 9.32. The van der Waals surface area contributed by atoms with Gasteiger partial charge in [0.15, 0.2) is 0 Å². The zero-order valence-electron chi connectivity index (χ0n) is 13.0. The van der Waals surface area contributed by atoms with E-state index in [1.807, 2.05) is 0 Å². The molecule has 1 aromatic carbocycles. The number of hydrogen-bond acceptors (Lipinski definition) is 3. The molecular formula is C16H24N2O3S. The molecular weight excluding hydrogens is 300 g/mol. The van der Waals surface area contributed by atoms with Gasteiger partial charge in [0.05, 0.1) is 4.90 Å². The molecule has 1 aliphatic rings. The highest BCUT2D eigenvalue weighted by Gasteiger charge is 2.31. The van der Waals surface area contributed by atoms with Crippen LogP contribution in [-0.2, 0) is 14.8 Å². The summed E-state index contributed by atoms with van der Waals surface area (Å²) in [6.45, 7) is 3.60. The van der Waals surface area contributed by atoms with Crippen LogP contribution >= 0.6 is 0 Å². The summed E-state index contributed by atoms with van der Waals surface area (Å²) in [5, 5.41) is 2.93. The van der Waals surface area contributed by atoms with Crippen molar-refractivity contribution < 1.29 is 13.2 Å². The standard InChI is InChI=1S/C16H24N2O3S/c1-2-3-11-17-16(19)14-9-12-18(13-10-14)22(20,21)15-7-5-4-6-8-15/h4-8,14H,2-3,9-13H2,1H3,(H,17,19). The normalized spacial score (nSPS) is 17.3. The summed E-state index contributed by atoms with van der Waals surface area (Å²) in [6.07, 6.45) is 3.20. The maximum atomic E-state index is 12.5. The molecule has 2 rings (SSSR count). The molecule has 6 heteroatoms.